The summed E-state index contributed by atoms with van der Waals surface area (Å²) in [6.45, 7) is 3.12. The van der Waals surface area contributed by atoms with Crippen LogP contribution >= 0.6 is 0 Å². The first-order valence-electron chi connectivity index (χ1n) is 14.3. The number of fused-ring (bicyclic) bond motifs is 1. The van der Waals surface area contributed by atoms with Crippen molar-refractivity contribution < 1.29 is 9.53 Å². The van der Waals surface area contributed by atoms with Gasteiger partial charge in [-0.3, -0.25) is 4.79 Å². The second-order valence-electron chi connectivity index (χ2n) is 9.94. The smallest absolute Gasteiger partial charge is 0.222 e. The molecule has 1 amide bonds. The van der Waals surface area contributed by atoms with Crippen LogP contribution in [-0.2, 0) is 11.2 Å². The summed E-state index contributed by atoms with van der Waals surface area (Å²) in [5.41, 5.74) is 2.39. The van der Waals surface area contributed by atoms with E-state index in [1.54, 1.807) is 7.11 Å². The van der Waals surface area contributed by atoms with E-state index < -0.39 is 0 Å². The number of carbonyl (C=O) groups excluding carboxylic acids is 1. The highest BCUT2D eigenvalue weighted by Crippen LogP contribution is 2.28. The van der Waals surface area contributed by atoms with Crippen molar-refractivity contribution in [1.82, 2.24) is 9.88 Å². The van der Waals surface area contributed by atoms with Gasteiger partial charge in [-0.2, -0.15) is 0 Å². The van der Waals surface area contributed by atoms with Gasteiger partial charge in [-0.1, -0.05) is 68.4 Å². The minimum absolute atomic E-state index is 0.296. The van der Waals surface area contributed by atoms with Gasteiger partial charge in [-0.15, -0.1) is 0 Å². The Morgan fingerprint density at radius 2 is 1.68 bits per heavy atom. The van der Waals surface area contributed by atoms with E-state index in [1.165, 1.54) is 30.2 Å². The van der Waals surface area contributed by atoms with Crippen molar-refractivity contribution in [2.24, 2.45) is 0 Å². The van der Waals surface area contributed by atoms with Gasteiger partial charge in [-0.05, 0) is 81.5 Å². The fraction of sp³-hybridized carbons (Fsp3) is 0.485. The highest BCUT2D eigenvalue weighted by molar-refractivity contribution is 5.85. The summed E-state index contributed by atoms with van der Waals surface area (Å²) < 4.78 is 5.41. The van der Waals surface area contributed by atoms with Gasteiger partial charge in [0.05, 0.1) is 7.11 Å². The van der Waals surface area contributed by atoms with E-state index in [0.717, 1.165) is 69.2 Å². The van der Waals surface area contributed by atoms with Crippen molar-refractivity contribution in [3.05, 3.63) is 78.6 Å². The van der Waals surface area contributed by atoms with Crippen LogP contribution < -0.4 is 4.74 Å². The first-order valence-corrected chi connectivity index (χ1v) is 14.3. The number of benzene rings is 1. The number of carbonyl (C=O) groups is 1. The molecule has 37 heavy (non-hydrogen) atoms. The Morgan fingerprint density at radius 3 is 2.35 bits per heavy atom. The van der Waals surface area contributed by atoms with Crippen LogP contribution in [-0.4, -0.2) is 35.5 Å². The molecule has 0 aliphatic carbocycles. The fourth-order valence-corrected chi connectivity index (χ4v) is 4.97. The van der Waals surface area contributed by atoms with Gasteiger partial charge in [0.1, 0.15) is 5.75 Å². The number of unbranched alkanes of at least 4 members (excludes halogenated alkanes) is 3. The number of amides is 1. The number of aromatic amines is 1. The third kappa shape index (κ3) is 9.76. The number of methoxy groups -OCH3 is 1. The van der Waals surface area contributed by atoms with Crippen LogP contribution in [0.4, 0.5) is 0 Å². The van der Waals surface area contributed by atoms with Gasteiger partial charge in [-0.25, -0.2) is 0 Å². The molecule has 0 saturated carbocycles. The Kier molecular flexibility index (Phi) is 12.9. The topological polar surface area (TPSA) is 45.3 Å². The van der Waals surface area contributed by atoms with E-state index in [2.05, 4.69) is 83.7 Å². The Bertz CT molecular complexity index is 1060. The quantitative estimate of drug-likeness (QED) is 0.185. The van der Waals surface area contributed by atoms with E-state index in [4.69, 9.17) is 4.74 Å². The number of hydrogen-bond donors (Lipinski definition) is 1. The van der Waals surface area contributed by atoms with Crippen molar-refractivity contribution >= 4 is 16.8 Å². The van der Waals surface area contributed by atoms with Crippen molar-refractivity contribution in [3.63, 3.8) is 0 Å². The summed E-state index contributed by atoms with van der Waals surface area (Å²) in [5.74, 6) is 1.18. The van der Waals surface area contributed by atoms with E-state index in [0.29, 0.717) is 18.4 Å². The number of rotatable bonds is 16. The fourth-order valence-electron chi connectivity index (χ4n) is 4.97. The zero-order valence-corrected chi connectivity index (χ0v) is 23.0. The SMILES string of the molecule is CCCC/C=C\C/C=C\C/C=C\C/C=C\CCCC(=O)N1CCC[C@@H]1Cc1c[nH]c2ccc(OC)cc12. The summed E-state index contributed by atoms with van der Waals surface area (Å²) >= 11 is 0. The van der Waals surface area contributed by atoms with E-state index >= 15 is 0 Å². The average Bonchev–Trinajstić information content (AvgIpc) is 3.55. The van der Waals surface area contributed by atoms with Crippen LogP contribution in [0.3, 0.4) is 0 Å². The summed E-state index contributed by atoms with van der Waals surface area (Å²) in [5, 5.41) is 1.20. The molecule has 2 heterocycles. The molecule has 4 nitrogen and oxygen atoms in total. The van der Waals surface area contributed by atoms with E-state index in [-0.39, 0.29) is 0 Å². The van der Waals surface area contributed by atoms with Gasteiger partial charge < -0.3 is 14.6 Å². The minimum atomic E-state index is 0.296. The number of nitrogens with one attached hydrogen (secondary N) is 1. The molecular formula is C33H46N2O2. The lowest BCUT2D eigenvalue weighted by Gasteiger charge is -2.24. The Balaban J connectivity index is 1.31. The molecular weight excluding hydrogens is 456 g/mol. The largest absolute Gasteiger partial charge is 0.497 e. The molecule has 0 bridgehead atoms. The summed E-state index contributed by atoms with van der Waals surface area (Å²) in [6.07, 6.45) is 32.3. The molecule has 1 N–H and O–H groups in total. The predicted octanol–water partition coefficient (Wildman–Crippen LogP) is 8.47. The second kappa shape index (κ2) is 16.7. The monoisotopic (exact) mass is 502 g/mol. The molecule has 1 aromatic heterocycles. The Labute approximate surface area is 224 Å². The molecule has 3 rings (SSSR count). The van der Waals surface area contributed by atoms with Gasteiger partial charge in [0.15, 0.2) is 0 Å². The van der Waals surface area contributed by atoms with Gasteiger partial charge in [0, 0.05) is 36.1 Å². The first-order chi connectivity index (χ1) is 18.2. The summed E-state index contributed by atoms with van der Waals surface area (Å²) in [7, 11) is 1.70. The predicted molar refractivity (Wildman–Crippen MR) is 157 cm³/mol. The Morgan fingerprint density at radius 1 is 1.00 bits per heavy atom. The van der Waals surface area contributed by atoms with Gasteiger partial charge >= 0.3 is 0 Å². The highest BCUT2D eigenvalue weighted by atomic mass is 16.5. The molecule has 1 aliphatic rings. The lowest BCUT2D eigenvalue weighted by Crippen LogP contribution is -2.36. The van der Waals surface area contributed by atoms with Crippen LogP contribution in [0, 0.1) is 0 Å². The van der Waals surface area contributed by atoms with Crippen molar-refractivity contribution in [3.8, 4) is 5.75 Å². The Hall–Kier alpha value is -3.01. The van der Waals surface area contributed by atoms with Crippen molar-refractivity contribution in [2.45, 2.75) is 90.0 Å². The number of aromatic nitrogens is 1. The third-order valence-corrected chi connectivity index (χ3v) is 7.10. The maximum Gasteiger partial charge on any atom is 0.222 e. The number of hydrogen-bond acceptors (Lipinski definition) is 2. The highest BCUT2D eigenvalue weighted by Gasteiger charge is 2.28. The summed E-state index contributed by atoms with van der Waals surface area (Å²) in [6, 6.07) is 6.43. The van der Waals surface area contributed by atoms with Crippen molar-refractivity contribution in [2.75, 3.05) is 13.7 Å². The van der Waals surface area contributed by atoms with Gasteiger partial charge in [0.2, 0.25) is 5.91 Å². The lowest BCUT2D eigenvalue weighted by atomic mass is 10.0. The normalized spacial score (nSPS) is 16.5. The number of allylic oxidation sites excluding steroid dienone is 8. The van der Waals surface area contributed by atoms with E-state index in [1.807, 2.05) is 6.07 Å². The van der Waals surface area contributed by atoms with Crippen LogP contribution in [0.25, 0.3) is 10.9 Å². The molecule has 1 aliphatic heterocycles. The second-order valence-corrected chi connectivity index (χ2v) is 9.94. The molecule has 0 unspecified atom stereocenters. The molecule has 1 saturated heterocycles. The molecule has 1 atom stereocenters. The lowest BCUT2D eigenvalue weighted by molar-refractivity contribution is -0.132. The average molecular weight is 503 g/mol. The molecule has 1 aromatic carbocycles. The molecule has 200 valence electrons. The van der Waals surface area contributed by atoms with Crippen LogP contribution in [0.2, 0.25) is 0 Å². The van der Waals surface area contributed by atoms with Crippen LogP contribution in [0.5, 0.6) is 5.75 Å². The zero-order chi connectivity index (χ0) is 26.1. The molecule has 0 radical (unpaired) electrons. The molecule has 4 heteroatoms. The van der Waals surface area contributed by atoms with Gasteiger partial charge in [0.25, 0.3) is 0 Å². The molecule has 1 fully saturated rings. The number of likely N-dealkylation sites (tertiary alicyclic amines) is 1. The standard InChI is InChI=1S/C33H46N2O2/c1-3-4-5-6-7-8-9-10-11-12-13-14-15-16-17-18-21-33(36)35-24-19-20-29(35)25-28-27-34-32-23-22-30(37-2)26-31(28)32/h6-7,9-10,12-13,15-16,22-23,26-27,29,34H,3-5,8,11,14,17-21,24-25H2,1-2H3/b7-6-,10-9-,13-12-,16-15-/t29-/m1/s1. The zero-order valence-electron chi connectivity index (χ0n) is 23.0. The number of nitrogens with zero attached hydrogens (tertiary/aromatic N) is 1. The number of H-pyrrole nitrogens is 1. The van der Waals surface area contributed by atoms with Crippen LogP contribution in [0.1, 0.15) is 83.1 Å². The van der Waals surface area contributed by atoms with E-state index in [9.17, 15) is 4.79 Å². The first kappa shape index (κ1) is 28.6. The number of ether oxygens (including phenoxy) is 1. The summed E-state index contributed by atoms with van der Waals surface area (Å²) in [4.78, 5) is 18.4. The maximum atomic E-state index is 12.9. The minimum Gasteiger partial charge on any atom is -0.497 e. The molecule has 2 aromatic rings. The van der Waals surface area contributed by atoms with Crippen molar-refractivity contribution in [1.29, 1.82) is 0 Å². The third-order valence-electron chi connectivity index (χ3n) is 7.10. The maximum absolute atomic E-state index is 12.9. The van der Waals surface area contributed by atoms with Crippen LogP contribution in [0.15, 0.2) is 73.0 Å². The molecule has 0 spiro atoms.